The van der Waals surface area contributed by atoms with Crippen LogP contribution in [-0.4, -0.2) is 124 Å². The number of nitrogens with one attached hydrogen (secondary N) is 2. The number of ether oxygens (including phenoxy) is 2. The topological polar surface area (TPSA) is 403 Å². The van der Waals surface area contributed by atoms with E-state index in [1.807, 2.05) is 48.5 Å². The number of hydrogen-bond donors (Lipinski definition) is 12. The molecule has 340 valence electrons. The predicted molar refractivity (Wildman–Crippen MR) is 220 cm³/mol. The van der Waals surface area contributed by atoms with Crippen molar-refractivity contribution in [1.29, 1.82) is 0 Å². The number of aromatic nitrogens is 8. The van der Waals surface area contributed by atoms with Crippen molar-refractivity contribution in [2.75, 3.05) is 24.7 Å². The molecule has 6 heterocycles. The standard InChI is InChI=1S/C17H20N5O8P.C10H14N5O8P.C7H7Br/c18-17-19-14-11(15(25)20-17)21(6-9-4-2-1-3-5-9)8-22(14)16-13(24)12(23)10(30-16)7-29-31(26,27)28;11-10-13-7-4(8(18)14-10)12-2-15(7)9-6(17)5(16)3(23-9)1-22-24(19,20)21;8-6-7-4-2-1-3-5-7/h1-5,8,10,12-13,16,23-24H,6-7H2,(H4-,18,19,20,25,26,27,28);2-3,5-6,9,16-17H,1H2,(H2,19,20,21)(H3,11,13,14,18);1-5H,6H2/p+1/t10-,12-,13-,16-;3-,5-,6-,9-;/m11./s1. The molecule has 0 spiro atoms. The number of halogens is 1. The van der Waals surface area contributed by atoms with Gasteiger partial charge in [-0.3, -0.25) is 37.7 Å². The molecule has 6 aromatic rings. The number of nitrogens with two attached hydrogens (primary N) is 2. The van der Waals surface area contributed by atoms with Crippen molar-refractivity contribution in [3.8, 4) is 0 Å². The monoisotopic (exact) mass is 987 g/mol. The Hall–Kier alpha value is -4.80. The van der Waals surface area contributed by atoms with Crippen molar-refractivity contribution in [1.82, 2.24) is 34.1 Å². The molecule has 2 fully saturated rings. The summed E-state index contributed by atoms with van der Waals surface area (Å²) in [4.78, 5) is 76.1. The van der Waals surface area contributed by atoms with Gasteiger partial charge >= 0.3 is 21.3 Å². The lowest BCUT2D eigenvalue weighted by molar-refractivity contribution is -0.745. The molecule has 8 atom stereocenters. The lowest BCUT2D eigenvalue weighted by Crippen LogP contribution is -2.46. The molecule has 2 aliphatic rings. The van der Waals surface area contributed by atoms with Crippen molar-refractivity contribution in [2.24, 2.45) is 0 Å². The van der Waals surface area contributed by atoms with Gasteiger partial charge in [0.15, 0.2) is 23.7 Å². The number of hydrogen-bond acceptors (Lipinski definition) is 17. The molecule has 29 heteroatoms. The first kappa shape index (κ1) is 47.7. The van der Waals surface area contributed by atoms with Gasteiger partial charge in [0, 0.05) is 5.33 Å². The molecule has 2 aromatic carbocycles. The third-order valence-corrected chi connectivity index (χ3v) is 11.0. The van der Waals surface area contributed by atoms with Gasteiger partial charge in [0.2, 0.25) is 17.7 Å². The summed E-state index contributed by atoms with van der Waals surface area (Å²) in [6, 6.07) is 19.6. The highest BCUT2D eigenvalue weighted by molar-refractivity contribution is 9.08. The minimum Gasteiger partial charge on any atom is -0.387 e. The number of nitrogens with zero attached hydrogens (tertiary/aromatic N) is 6. The molecule has 0 radical (unpaired) electrons. The zero-order chi connectivity index (χ0) is 45.8. The Morgan fingerprint density at radius 3 is 1.87 bits per heavy atom. The summed E-state index contributed by atoms with van der Waals surface area (Å²) in [6.45, 7) is -1.00. The number of imidazole rings is 2. The van der Waals surface area contributed by atoms with Crippen LogP contribution in [0.25, 0.3) is 22.3 Å². The molecular formula is C34H42BrN10O16P2+. The van der Waals surface area contributed by atoms with Crippen LogP contribution in [0.15, 0.2) is 82.9 Å². The van der Waals surface area contributed by atoms with Gasteiger partial charge < -0.3 is 60.9 Å². The SMILES string of the molecule is BrCc1ccccc1.Nc1nc2c(c(=O)[nH]1)n(Cc1ccccc1)c[n+]2[C@@H]1O[C@H](COP(=O)(O)O)[C@@H](O)[C@H]1O.Nc1nc2c(ncn2[C@@H]2O[C@H](COP(=O)(O)O)[C@@H](O)[C@H]2O)c(=O)[nH]1. The Bertz CT molecular complexity index is 2720. The molecular weight excluding hydrogens is 946 g/mol. The van der Waals surface area contributed by atoms with Gasteiger partial charge in [-0.2, -0.15) is 4.98 Å². The van der Waals surface area contributed by atoms with E-state index in [9.17, 15) is 39.1 Å². The minimum atomic E-state index is -4.80. The third kappa shape index (κ3) is 11.7. The van der Waals surface area contributed by atoms with Crippen LogP contribution in [0.1, 0.15) is 23.6 Å². The number of aromatic amines is 2. The first-order chi connectivity index (χ1) is 29.7. The summed E-state index contributed by atoms with van der Waals surface area (Å²) in [5.41, 5.74) is 12.5. The summed E-state index contributed by atoms with van der Waals surface area (Å²) < 4.78 is 45.5. The maximum Gasteiger partial charge on any atom is 0.469 e. The zero-order valence-electron chi connectivity index (χ0n) is 32.3. The number of rotatable bonds is 11. The van der Waals surface area contributed by atoms with Crippen LogP contribution in [-0.2, 0) is 39.5 Å². The zero-order valence-corrected chi connectivity index (χ0v) is 35.7. The Balaban J connectivity index is 0.000000182. The van der Waals surface area contributed by atoms with E-state index in [4.69, 9.17) is 40.5 Å². The number of benzene rings is 2. The largest absolute Gasteiger partial charge is 0.469 e. The summed E-state index contributed by atoms with van der Waals surface area (Å²) in [6.07, 6.45) is -8.16. The fraction of sp³-hybridized carbons (Fsp3) is 0.353. The highest BCUT2D eigenvalue weighted by atomic mass is 79.9. The molecule has 4 aromatic heterocycles. The van der Waals surface area contributed by atoms with Gasteiger partial charge in [-0.15, -0.1) is 0 Å². The second kappa shape index (κ2) is 19.9. The third-order valence-electron chi connectivity index (χ3n) is 9.37. The predicted octanol–water partition coefficient (Wildman–Crippen LogP) is -1.62. The molecule has 2 aliphatic heterocycles. The molecule has 0 saturated carbocycles. The van der Waals surface area contributed by atoms with Gasteiger partial charge in [-0.25, -0.2) is 18.7 Å². The summed E-state index contributed by atoms with van der Waals surface area (Å²) in [5, 5.41) is 41.8. The van der Waals surface area contributed by atoms with Crippen LogP contribution in [0.4, 0.5) is 11.9 Å². The molecule has 0 bridgehead atoms. The Kier molecular flexibility index (Phi) is 15.1. The summed E-state index contributed by atoms with van der Waals surface area (Å²) in [5.74, 6) is -0.332. The highest BCUT2D eigenvalue weighted by Crippen LogP contribution is 2.39. The van der Waals surface area contributed by atoms with E-state index >= 15 is 0 Å². The number of alkyl halides is 1. The molecule has 0 unspecified atom stereocenters. The highest BCUT2D eigenvalue weighted by Gasteiger charge is 2.48. The number of H-pyrrole nitrogens is 2. The van der Waals surface area contributed by atoms with Crippen LogP contribution in [0.2, 0.25) is 0 Å². The number of aliphatic hydroxyl groups excluding tert-OH is 4. The van der Waals surface area contributed by atoms with Crippen molar-refractivity contribution < 1.29 is 72.2 Å². The number of aliphatic hydroxyl groups is 4. The second-order valence-corrected chi connectivity index (χ2v) is 16.9. The first-order valence-electron chi connectivity index (χ1n) is 18.3. The molecule has 63 heavy (non-hydrogen) atoms. The van der Waals surface area contributed by atoms with Crippen LogP contribution in [0, 0.1) is 0 Å². The van der Waals surface area contributed by atoms with E-state index in [1.165, 1.54) is 27.4 Å². The Morgan fingerprint density at radius 2 is 1.30 bits per heavy atom. The summed E-state index contributed by atoms with van der Waals surface area (Å²) in [7, 11) is -9.56. The first-order valence-corrected chi connectivity index (χ1v) is 22.5. The van der Waals surface area contributed by atoms with E-state index < -0.39 is 89.1 Å². The number of nitrogen functional groups attached to an aromatic ring is 2. The van der Waals surface area contributed by atoms with Crippen molar-refractivity contribution >= 4 is 65.8 Å². The lowest BCUT2D eigenvalue weighted by atomic mass is 10.1. The van der Waals surface area contributed by atoms with Crippen molar-refractivity contribution in [3.63, 3.8) is 0 Å². The maximum absolute atomic E-state index is 12.6. The van der Waals surface area contributed by atoms with Gasteiger partial charge in [-0.1, -0.05) is 81.6 Å². The van der Waals surface area contributed by atoms with Gasteiger partial charge in [0.05, 0.1) is 26.1 Å². The molecule has 8 rings (SSSR count). The quantitative estimate of drug-likeness (QED) is 0.0394. The van der Waals surface area contributed by atoms with E-state index in [0.717, 1.165) is 10.9 Å². The van der Waals surface area contributed by atoms with Crippen LogP contribution >= 0.6 is 31.6 Å². The van der Waals surface area contributed by atoms with Crippen LogP contribution in [0.3, 0.4) is 0 Å². The van der Waals surface area contributed by atoms with Crippen LogP contribution < -0.4 is 27.2 Å². The molecule has 0 aliphatic carbocycles. The number of phosphoric acid groups is 2. The number of anilines is 2. The maximum atomic E-state index is 12.6. The molecule has 26 nitrogen and oxygen atoms in total. The average Bonchev–Trinajstić information content (AvgIpc) is 3.96. The van der Waals surface area contributed by atoms with Crippen LogP contribution in [0.5, 0.6) is 0 Å². The van der Waals surface area contributed by atoms with Gasteiger partial charge in [0.25, 0.3) is 17.1 Å². The normalized spacial score (nSPS) is 23.6. The van der Waals surface area contributed by atoms with E-state index in [-0.39, 0.29) is 34.2 Å². The van der Waals surface area contributed by atoms with Crippen molar-refractivity contribution in [2.45, 2.75) is 61.0 Å². The van der Waals surface area contributed by atoms with E-state index in [0.29, 0.717) is 6.54 Å². The number of fused-ring (bicyclic) bond motifs is 2. The molecule has 0 amide bonds. The molecule has 2 saturated heterocycles. The number of phosphoric ester groups is 2. The van der Waals surface area contributed by atoms with E-state index in [1.54, 1.807) is 4.57 Å². The van der Waals surface area contributed by atoms with Crippen molar-refractivity contribution in [3.05, 3.63) is 105 Å². The fourth-order valence-corrected chi connectivity index (χ4v) is 7.55. The van der Waals surface area contributed by atoms with Gasteiger partial charge in [0.1, 0.15) is 36.6 Å². The van der Waals surface area contributed by atoms with Gasteiger partial charge in [-0.05, 0) is 11.1 Å². The van der Waals surface area contributed by atoms with E-state index in [2.05, 4.69) is 62.0 Å². The fourth-order valence-electron chi connectivity index (χ4n) is 6.49. The lowest BCUT2D eigenvalue weighted by Gasteiger charge is -2.16. The minimum absolute atomic E-state index is 0.0176. The Morgan fingerprint density at radius 1 is 0.762 bits per heavy atom. The Labute approximate surface area is 361 Å². The molecule has 14 N–H and O–H groups in total. The smallest absolute Gasteiger partial charge is 0.387 e. The average molecular weight is 989 g/mol. The second-order valence-electron chi connectivity index (χ2n) is 13.8. The summed E-state index contributed by atoms with van der Waals surface area (Å²) >= 11 is 3.36.